The molecule has 0 saturated carbocycles. The van der Waals surface area contributed by atoms with Gasteiger partial charge in [-0.05, 0) is 43.7 Å². The van der Waals surface area contributed by atoms with Crippen molar-refractivity contribution in [2.75, 3.05) is 10.5 Å². The first kappa shape index (κ1) is 21.7. The molecule has 1 N–H and O–H groups in total. The Morgan fingerprint density at radius 2 is 1.93 bits per heavy atom. The number of hydrogen-bond acceptors (Lipinski definition) is 5. The average Bonchev–Trinajstić information content (AvgIpc) is 3.07. The zero-order valence-corrected chi connectivity index (χ0v) is 17.2. The largest absolute Gasteiger partial charge is 0.451 e. The average molecular weight is 437 g/mol. The van der Waals surface area contributed by atoms with Gasteiger partial charge in [0.1, 0.15) is 0 Å². The Hall–Kier alpha value is -3.01. The summed E-state index contributed by atoms with van der Waals surface area (Å²) in [7, 11) is -3.52. The van der Waals surface area contributed by atoms with Gasteiger partial charge in [-0.15, -0.1) is 0 Å². The summed E-state index contributed by atoms with van der Waals surface area (Å²) in [6.45, 7) is 0.331. The molecule has 160 valence electrons. The van der Waals surface area contributed by atoms with Crippen molar-refractivity contribution in [1.29, 1.82) is 0 Å². The van der Waals surface area contributed by atoms with Crippen LogP contribution < -0.4 is 4.72 Å². The van der Waals surface area contributed by atoms with Crippen LogP contribution in [-0.4, -0.2) is 29.7 Å². The van der Waals surface area contributed by atoms with Crippen molar-refractivity contribution in [3.63, 3.8) is 0 Å². The molecule has 0 aliphatic carbocycles. The van der Waals surface area contributed by atoms with E-state index in [9.17, 15) is 22.0 Å². The highest BCUT2D eigenvalue weighted by atomic mass is 32.2. The number of sulfonamides is 1. The van der Waals surface area contributed by atoms with Gasteiger partial charge in [0.25, 0.3) is 0 Å². The van der Waals surface area contributed by atoms with Crippen LogP contribution in [0, 0.1) is 0 Å². The highest BCUT2D eigenvalue weighted by Crippen LogP contribution is 2.28. The maximum Gasteiger partial charge on any atom is 0.338 e. The van der Waals surface area contributed by atoms with Crippen LogP contribution in [0.1, 0.15) is 49.1 Å². The van der Waals surface area contributed by atoms with E-state index in [1.165, 1.54) is 37.3 Å². The number of carbonyl (C=O) groups is 1. The second-order valence-electron chi connectivity index (χ2n) is 6.66. The number of aromatic nitrogens is 2. The number of ether oxygens (including phenoxy) is 1. The van der Waals surface area contributed by atoms with Crippen molar-refractivity contribution in [2.24, 2.45) is 0 Å². The van der Waals surface area contributed by atoms with Crippen LogP contribution in [0.25, 0.3) is 11.0 Å². The standard InChI is InChI=1S/C20H21F2N3O4S/c1-3-11-30(27,28)24-15-8-6-7-14(12-15)19(26)29-13(2)18-23-16-9-4-5-10-17(16)25(18)20(21)22/h4-10,12-13,20,24H,3,11H2,1-2H3. The molecule has 0 fully saturated rings. The molecule has 1 atom stereocenters. The molecule has 0 bridgehead atoms. The Balaban J connectivity index is 1.82. The number of benzene rings is 2. The number of nitrogens with zero attached hydrogens (tertiary/aromatic N) is 2. The molecule has 0 aliphatic rings. The monoisotopic (exact) mass is 437 g/mol. The Bertz CT molecular complexity index is 1160. The fraction of sp³-hybridized carbons (Fsp3) is 0.300. The molecular weight excluding hydrogens is 416 g/mol. The third-order valence-corrected chi connectivity index (χ3v) is 5.80. The molecule has 10 heteroatoms. The van der Waals surface area contributed by atoms with Gasteiger partial charge in [0.05, 0.1) is 22.3 Å². The van der Waals surface area contributed by atoms with Gasteiger partial charge < -0.3 is 4.74 Å². The van der Waals surface area contributed by atoms with Crippen LogP contribution in [0.5, 0.6) is 0 Å². The number of nitrogens with one attached hydrogen (secondary N) is 1. The summed E-state index contributed by atoms with van der Waals surface area (Å²) in [6.07, 6.45) is -0.612. The smallest absolute Gasteiger partial charge is 0.338 e. The number of anilines is 1. The van der Waals surface area contributed by atoms with E-state index in [1.807, 2.05) is 0 Å². The number of hydrogen-bond donors (Lipinski definition) is 1. The van der Waals surface area contributed by atoms with Gasteiger partial charge in [-0.2, -0.15) is 8.78 Å². The molecule has 0 radical (unpaired) electrons. The number of carbonyl (C=O) groups excluding carboxylic acids is 1. The van der Waals surface area contributed by atoms with Crippen LogP contribution in [0.2, 0.25) is 0 Å². The quantitative estimate of drug-likeness (QED) is 0.524. The predicted molar refractivity (Wildman–Crippen MR) is 109 cm³/mol. The topological polar surface area (TPSA) is 90.3 Å². The van der Waals surface area contributed by atoms with Crippen molar-refractivity contribution < 1.29 is 26.7 Å². The summed E-state index contributed by atoms with van der Waals surface area (Å²) in [6, 6.07) is 12.2. The predicted octanol–water partition coefficient (Wildman–Crippen LogP) is 4.50. The Morgan fingerprint density at radius 3 is 2.63 bits per heavy atom. The van der Waals surface area contributed by atoms with E-state index in [-0.39, 0.29) is 28.3 Å². The molecule has 2 aromatic carbocycles. The second kappa shape index (κ2) is 8.78. The Morgan fingerprint density at radius 1 is 1.20 bits per heavy atom. The number of para-hydroxylation sites is 2. The van der Waals surface area contributed by atoms with Gasteiger partial charge in [-0.25, -0.2) is 18.2 Å². The minimum atomic E-state index is -3.52. The molecule has 3 aromatic rings. The summed E-state index contributed by atoms with van der Waals surface area (Å²) in [5, 5.41) is 0. The molecule has 7 nitrogen and oxygen atoms in total. The van der Waals surface area contributed by atoms with Crippen LogP contribution in [0.15, 0.2) is 48.5 Å². The lowest BCUT2D eigenvalue weighted by Gasteiger charge is -2.15. The summed E-state index contributed by atoms with van der Waals surface area (Å²) in [4.78, 5) is 16.7. The molecule has 1 heterocycles. The van der Waals surface area contributed by atoms with E-state index < -0.39 is 28.6 Å². The fourth-order valence-corrected chi connectivity index (χ4v) is 4.17. The minimum Gasteiger partial charge on any atom is -0.451 e. The van der Waals surface area contributed by atoms with E-state index in [0.717, 1.165) is 4.57 Å². The third-order valence-electron chi connectivity index (χ3n) is 4.31. The molecule has 0 spiro atoms. The number of alkyl halides is 2. The second-order valence-corrected chi connectivity index (χ2v) is 8.50. The summed E-state index contributed by atoms with van der Waals surface area (Å²) < 4.78 is 59.5. The molecule has 1 unspecified atom stereocenters. The molecule has 0 amide bonds. The van der Waals surface area contributed by atoms with E-state index in [2.05, 4.69) is 9.71 Å². The first-order chi connectivity index (χ1) is 14.2. The normalized spacial score (nSPS) is 12.8. The number of imidazole rings is 1. The lowest BCUT2D eigenvalue weighted by molar-refractivity contribution is 0.0233. The highest BCUT2D eigenvalue weighted by Gasteiger charge is 2.25. The van der Waals surface area contributed by atoms with Crippen molar-refractivity contribution in [3.05, 3.63) is 59.9 Å². The maximum absolute atomic E-state index is 13.6. The third kappa shape index (κ3) is 4.76. The SMILES string of the molecule is CCCS(=O)(=O)Nc1cccc(C(=O)OC(C)c2nc3ccccc3n2C(F)F)c1. The minimum absolute atomic E-state index is 0.0530. The van der Waals surface area contributed by atoms with Crippen LogP contribution in [0.3, 0.4) is 0 Å². The summed E-state index contributed by atoms with van der Waals surface area (Å²) in [5.74, 6) is -0.922. The molecule has 0 saturated heterocycles. The lowest BCUT2D eigenvalue weighted by Crippen LogP contribution is -2.17. The zero-order valence-electron chi connectivity index (χ0n) is 16.4. The zero-order chi connectivity index (χ0) is 21.9. The molecular formula is C20H21F2N3O4S. The molecule has 3 rings (SSSR count). The van der Waals surface area contributed by atoms with Crippen LogP contribution in [-0.2, 0) is 14.8 Å². The van der Waals surface area contributed by atoms with Crippen molar-refractivity contribution in [2.45, 2.75) is 32.9 Å². The Kier molecular flexibility index (Phi) is 6.35. The van der Waals surface area contributed by atoms with Gasteiger partial charge in [-0.3, -0.25) is 9.29 Å². The molecule has 1 aromatic heterocycles. The number of fused-ring (bicyclic) bond motifs is 1. The fourth-order valence-electron chi connectivity index (χ4n) is 3.05. The van der Waals surface area contributed by atoms with E-state index in [4.69, 9.17) is 4.74 Å². The highest BCUT2D eigenvalue weighted by molar-refractivity contribution is 7.92. The Labute approximate surface area is 172 Å². The number of halogens is 2. The maximum atomic E-state index is 13.6. The first-order valence-electron chi connectivity index (χ1n) is 9.28. The lowest BCUT2D eigenvalue weighted by atomic mass is 10.2. The van der Waals surface area contributed by atoms with Crippen LogP contribution >= 0.6 is 0 Å². The van der Waals surface area contributed by atoms with Crippen LogP contribution in [0.4, 0.5) is 14.5 Å². The number of esters is 1. The van der Waals surface area contributed by atoms with Gasteiger partial charge in [-0.1, -0.05) is 25.1 Å². The van der Waals surface area contributed by atoms with Gasteiger partial charge in [0.15, 0.2) is 11.9 Å². The van der Waals surface area contributed by atoms with Gasteiger partial charge in [0.2, 0.25) is 10.0 Å². The van der Waals surface area contributed by atoms with E-state index >= 15 is 0 Å². The summed E-state index contributed by atoms with van der Waals surface area (Å²) >= 11 is 0. The van der Waals surface area contributed by atoms with Crippen molar-refractivity contribution in [1.82, 2.24) is 9.55 Å². The van der Waals surface area contributed by atoms with Crippen molar-refractivity contribution in [3.8, 4) is 0 Å². The van der Waals surface area contributed by atoms with Crippen molar-refractivity contribution >= 4 is 32.7 Å². The van der Waals surface area contributed by atoms with Gasteiger partial charge in [0, 0.05) is 5.69 Å². The van der Waals surface area contributed by atoms with E-state index in [0.29, 0.717) is 11.9 Å². The van der Waals surface area contributed by atoms with Gasteiger partial charge >= 0.3 is 12.5 Å². The van der Waals surface area contributed by atoms with E-state index in [1.54, 1.807) is 25.1 Å². The summed E-state index contributed by atoms with van der Waals surface area (Å²) in [5.41, 5.74) is 0.893. The number of rotatable bonds is 8. The molecule has 0 aliphatic heterocycles. The molecule has 30 heavy (non-hydrogen) atoms. The first-order valence-corrected chi connectivity index (χ1v) is 10.9.